The SMILES string of the molecule is CC(=O)NC[C@H]1CN(c2ccc(-c3ccc(S(=O)(=O)CC4=CC[N+](=O)C=C4)cc3)c(F)c2)C(=O)O1. The average molecular weight is 501 g/mol. The number of halogens is 1. The van der Waals surface area contributed by atoms with E-state index in [0.717, 1.165) is 0 Å². The maximum absolute atomic E-state index is 14.9. The van der Waals surface area contributed by atoms with E-state index in [1.807, 2.05) is 0 Å². The number of hydrogen-bond donors (Lipinski definition) is 1. The van der Waals surface area contributed by atoms with Gasteiger partial charge < -0.3 is 10.1 Å². The van der Waals surface area contributed by atoms with Crippen molar-refractivity contribution < 1.29 is 31.9 Å². The molecule has 0 saturated carbocycles. The van der Waals surface area contributed by atoms with Crippen molar-refractivity contribution in [3.63, 3.8) is 0 Å². The molecule has 1 N–H and O–H groups in total. The third-order valence-corrected chi connectivity index (χ3v) is 7.29. The Labute approximate surface area is 201 Å². The van der Waals surface area contributed by atoms with E-state index in [1.54, 1.807) is 12.1 Å². The third kappa shape index (κ3) is 5.62. The third-order valence-electron chi connectivity index (χ3n) is 5.59. The Bertz CT molecular complexity index is 1350. The van der Waals surface area contributed by atoms with Crippen molar-refractivity contribution >= 4 is 27.5 Å². The summed E-state index contributed by atoms with van der Waals surface area (Å²) < 4.78 is 46.3. The molecule has 2 heterocycles. The lowest BCUT2D eigenvalue weighted by molar-refractivity contribution is -0.469. The van der Waals surface area contributed by atoms with Gasteiger partial charge in [0.05, 0.1) is 29.4 Å². The van der Waals surface area contributed by atoms with E-state index in [-0.39, 0.29) is 41.8 Å². The topological polar surface area (TPSA) is 113 Å². The first-order valence-corrected chi connectivity index (χ1v) is 12.4. The highest BCUT2D eigenvalue weighted by molar-refractivity contribution is 7.91. The highest BCUT2D eigenvalue weighted by Gasteiger charge is 2.32. The van der Waals surface area contributed by atoms with Crippen LogP contribution in [-0.2, 0) is 19.4 Å². The van der Waals surface area contributed by atoms with Crippen molar-refractivity contribution in [3.8, 4) is 11.1 Å². The second kappa shape index (κ2) is 9.79. The number of benzene rings is 2. The minimum atomic E-state index is -3.64. The van der Waals surface area contributed by atoms with Gasteiger partial charge in [0.2, 0.25) is 18.7 Å². The van der Waals surface area contributed by atoms with Gasteiger partial charge in [0.15, 0.2) is 9.84 Å². The number of hydrogen-bond acceptors (Lipinski definition) is 6. The minimum absolute atomic E-state index is 0.0853. The molecule has 35 heavy (non-hydrogen) atoms. The predicted molar refractivity (Wildman–Crippen MR) is 126 cm³/mol. The summed E-state index contributed by atoms with van der Waals surface area (Å²) in [5, 5.41) is 2.58. The fourth-order valence-corrected chi connectivity index (χ4v) is 5.14. The molecule has 0 bridgehead atoms. The van der Waals surface area contributed by atoms with Crippen molar-refractivity contribution in [1.82, 2.24) is 5.32 Å². The Morgan fingerprint density at radius 1 is 1.23 bits per heavy atom. The van der Waals surface area contributed by atoms with Gasteiger partial charge in [-0.3, -0.25) is 9.69 Å². The molecule has 2 aromatic rings. The number of ether oxygens (including phenoxy) is 1. The van der Waals surface area contributed by atoms with Crippen LogP contribution in [0.25, 0.3) is 11.1 Å². The van der Waals surface area contributed by atoms with Crippen LogP contribution in [0, 0.1) is 10.7 Å². The molecule has 2 aromatic carbocycles. The first-order chi connectivity index (χ1) is 16.6. The van der Waals surface area contributed by atoms with E-state index in [9.17, 15) is 27.3 Å². The molecular weight excluding hydrogens is 477 g/mol. The number of carbonyl (C=O) groups excluding carboxylic acids is 2. The van der Waals surface area contributed by atoms with Crippen LogP contribution in [0.15, 0.2) is 71.3 Å². The standard InChI is InChI=1S/C24H22FN3O6S/c1-16(29)26-13-20-14-28(24(30)34-20)19-4-7-22(23(25)12-19)18-2-5-21(6-3-18)35(32,33)15-17-8-10-27(31)11-9-17/h2-10,12,20H,11,13-15H2,1H3/p+1/t20-/m0/s1. The molecule has 4 rings (SSSR count). The molecule has 1 saturated heterocycles. The summed E-state index contributed by atoms with van der Waals surface area (Å²) in [6.45, 7) is 1.79. The molecule has 2 aliphatic rings. The summed E-state index contributed by atoms with van der Waals surface area (Å²) in [4.78, 5) is 35.8. The average Bonchev–Trinajstić information content (AvgIpc) is 3.19. The van der Waals surface area contributed by atoms with E-state index in [2.05, 4.69) is 5.32 Å². The number of allylic oxidation sites excluding steroid dienone is 1. The van der Waals surface area contributed by atoms with Gasteiger partial charge in [-0.1, -0.05) is 12.1 Å². The van der Waals surface area contributed by atoms with Crippen molar-refractivity contribution in [1.29, 1.82) is 0 Å². The largest absolute Gasteiger partial charge is 0.442 e. The number of sulfone groups is 1. The molecule has 0 spiro atoms. The summed E-state index contributed by atoms with van der Waals surface area (Å²) in [6, 6.07) is 10.2. The molecule has 0 radical (unpaired) electrons. The van der Waals surface area contributed by atoms with Gasteiger partial charge in [-0.05, 0) is 47.5 Å². The van der Waals surface area contributed by atoms with Crippen LogP contribution < -0.4 is 10.2 Å². The van der Waals surface area contributed by atoms with Crippen LogP contribution in [0.5, 0.6) is 0 Å². The van der Waals surface area contributed by atoms with E-state index < -0.39 is 27.9 Å². The lowest BCUT2D eigenvalue weighted by Crippen LogP contribution is -2.33. The van der Waals surface area contributed by atoms with Crippen LogP contribution in [0.1, 0.15) is 6.92 Å². The second-order valence-corrected chi connectivity index (χ2v) is 10.2. The maximum atomic E-state index is 14.9. The van der Waals surface area contributed by atoms with Crippen molar-refractivity contribution in [2.75, 3.05) is 30.3 Å². The molecular formula is C24H23FN3O6S+. The Morgan fingerprint density at radius 2 is 1.97 bits per heavy atom. The van der Waals surface area contributed by atoms with E-state index in [4.69, 9.17) is 4.74 Å². The number of amides is 2. The second-order valence-electron chi connectivity index (χ2n) is 8.20. The van der Waals surface area contributed by atoms with Gasteiger partial charge in [0, 0.05) is 28.2 Å². The first-order valence-electron chi connectivity index (χ1n) is 10.8. The Morgan fingerprint density at radius 3 is 2.60 bits per heavy atom. The van der Waals surface area contributed by atoms with Gasteiger partial charge in [0.25, 0.3) is 0 Å². The predicted octanol–water partition coefficient (Wildman–Crippen LogP) is 2.96. The quantitative estimate of drug-likeness (QED) is 0.585. The summed E-state index contributed by atoms with van der Waals surface area (Å²) >= 11 is 0. The van der Waals surface area contributed by atoms with Gasteiger partial charge >= 0.3 is 6.09 Å². The number of anilines is 1. The Hall–Kier alpha value is -3.86. The highest BCUT2D eigenvalue weighted by Crippen LogP contribution is 2.30. The lowest BCUT2D eigenvalue weighted by atomic mass is 10.0. The van der Waals surface area contributed by atoms with E-state index in [1.165, 1.54) is 60.5 Å². The zero-order valence-corrected chi connectivity index (χ0v) is 19.6. The lowest BCUT2D eigenvalue weighted by Gasteiger charge is -2.15. The molecule has 2 aliphatic heterocycles. The van der Waals surface area contributed by atoms with Gasteiger partial charge in [0.1, 0.15) is 11.9 Å². The molecule has 0 unspecified atom stereocenters. The normalized spacial score (nSPS) is 17.8. The molecule has 11 heteroatoms. The number of carbonyl (C=O) groups is 2. The Balaban J connectivity index is 1.47. The van der Waals surface area contributed by atoms with Crippen LogP contribution in [-0.4, -0.2) is 56.7 Å². The number of rotatable bonds is 7. The fraction of sp³-hybridized carbons (Fsp3) is 0.250. The summed E-state index contributed by atoms with van der Waals surface area (Å²) in [7, 11) is -3.64. The number of nitroso groups, excluding NO2 is 1. The van der Waals surface area contributed by atoms with Gasteiger partial charge in [-0.2, -0.15) is 0 Å². The van der Waals surface area contributed by atoms with Crippen LogP contribution in [0.4, 0.5) is 14.9 Å². The fourth-order valence-electron chi connectivity index (χ4n) is 3.77. The highest BCUT2D eigenvalue weighted by atomic mass is 32.2. The van der Waals surface area contributed by atoms with Crippen LogP contribution >= 0.6 is 0 Å². The zero-order chi connectivity index (χ0) is 25.2. The molecule has 1 fully saturated rings. The number of nitrogens with zero attached hydrogens (tertiary/aromatic N) is 2. The summed E-state index contributed by atoms with van der Waals surface area (Å²) in [6.07, 6.45) is 3.15. The molecule has 0 aromatic heterocycles. The zero-order valence-electron chi connectivity index (χ0n) is 18.8. The first kappa shape index (κ1) is 24.3. The van der Waals surface area contributed by atoms with Gasteiger partial charge in [-0.25, -0.2) is 17.6 Å². The van der Waals surface area contributed by atoms with Crippen LogP contribution in [0.3, 0.4) is 0 Å². The molecule has 182 valence electrons. The molecule has 1 atom stereocenters. The summed E-state index contributed by atoms with van der Waals surface area (Å²) in [5.41, 5.74) is 1.56. The minimum Gasteiger partial charge on any atom is -0.442 e. The van der Waals surface area contributed by atoms with Gasteiger partial charge in [-0.15, -0.1) is 0 Å². The Kier molecular flexibility index (Phi) is 6.79. The molecule has 9 nitrogen and oxygen atoms in total. The molecule has 2 amide bonds. The van der Waals surface area contributed by atoms with E-state index in [0.29, 0.717) is 21.6 Å². The molecule has 0 aliphatic carbocycles. The summed E-state index contributed by atoms with van der Waals surface area (Å²) in [5.74, 6) is -1.07. The van der Waals surface area contributed by atoms with Crippen molar-refractivity contribution in [2.24, 2.45) is 0 Å². The maximum Gasteiger partial charge on any atom is 0.414 e. The van der Waals surface area contributed by atoms with Crippen LogP contribution in [0.2, 0.25) is 0 Å². The number of cyclic esters (lactones) is 1. The number of nitrogens with one attached hydrogen (secondary N) is 1. The van der Waals surface area contributed by atoms with E-state index >= 15 is 0 Å². The monoisotopic (exact) mass is 500 g/mol. The van der Waals surface area contributed by atoms with Crippen molar-refractivity contribution in [2.45, 2.75) is 17.9 Å². The smallest absolute Gasteiger partial charge is 0.414 e. The van der Waals surface area contributed by atoms with Crippen molar-refractivity contribution in [3.05, 3.63) is 77.1 Å².